The van der Waals surface area contributed by atoms with Gasteiger partial charge in [-0.25, -0.2) is 9.18 Å². The summed E-state index contributed by atoms with van der Waals surface area (Å²) in [5.74, 6) is 0.675. The molecule has 0 radical (unpaired) electrons. The minimum absolute atomic E-state index is 0.214. The molecule has 0 aliphatic carbocycles. The molecule has 1 aliphatic rings. The molecule has 0 spiro atoms. The molecule has 0 atom stereocenters. The number of unbranched alkanes of at least 4 members (excludes halogenated alkanes) is 1. The average Bonchev–Trinajstić information content (AvgIpc) is 3.26. The zero-order valence-electron chi connectivity index (χ0n) is 18.8. The summed E-state index contributed by atoms with van der Waals surface area (Å²) in [5.41, 5.74) is 1.94. The largest absolute Gasteiger partial charge is 0.493 e. The maximum Gasteiger partial charge on any atom is 0.336 e. The maximum atomic E-state index is 13.4. The van der Waals surface area contributed by atoms with E-state index in [0.717, 1.165) is 56.4 Å². The summed E-state index contributed by atoms with van der Waals surface area (Å²) >= 11 is 0. The molecule has 0 bridgehead atoms. The fourth-order valence-electron chi connectivity index (χ4n) is 4.71. The quantitative estimate of drug-likeness (QED) is 0.300. The number of aliphatic hydroxyl groups is 1. The van der Waals surface area contributed by atoms with Crippen LogP contribution in [0.2, 0.25) is 0 Å². The normalized spacial score (nSPS) is 15.4. The summed E-state index contributed by atoms with van der Waals surface area (Å²) < 4.78 is 29.8. The van der Waals surface area contributed by atoms with E-state index in [-0.39, 0.29) is 12.4 Å². The van der Waals surface area contributed by atoms with E-state index in [9.17, 15) is 14.3 Å². The second-order valence-corrected chi connectivity index (χ2v) is 8.79. The van der Waals surface area contributed by atoms with E-state index in [1.54, 1.807) is 18.2 Å². The highest BCUT2D eigenvalue weighted by Gasteiger charge is 2.24. The van der Waals surface area contributed by atoms with Gasteiger partial charge in [-0.3, -0.25) is 0 Å². The molecule has 5 rings (SSSR count). The van der Waals surface area contributed by atoms with Crippen LogP contribution in [0.25, 0.3) is 21.9 Å². The van der Waals surface area contributed by atoms with Gasteiger partial charge in [-0.2, -0.15) is 0 Å². The van der Waals surface area contributed by atoms with Crippen LogP contribution >= 0.6 is 0 Å². The molecule has 0 saturated carbocycles. The van der Waals surface area contributed by atoms with Gasteiger partial charge in [0.05, 0.1) is 18.9 Å². The molecule has 8 heteroatoms. The zero-order valence-corrected chi connectivity index (χ0v) is 18.8. The van der Waals surface area contributed by atoms with Gasteiger partial charge in [0.15, 0.2) is 5.58 Å². The Morgan fingerprint density at radius 2 is 1.88 bits per heavy atom. The smallest absolute Gasteiger partial charge is 0.336 e. The first-order valence-corrected chi connectivity index (χ1v) is 11.7. The zero-order chi connectivity index (χ0) is 23.5. The molecule has 178 valence electrons. The van der Waals surface area contributed by atoms with Gasteiger partial charge in [0.1, 0.15) is 17.1 Å². The van der Waals surface area contributed by atoms with Crippen molar-refractivity contribution < 1.29 is 23.2 Å². The first kappa shape index (κ1) is 22.6. The topological polar surface area (TPSA) is 88.9 Å². The molecular formula is C26H27FN2O5. The van der Waals surface area contributed by atoms with Gasteiger partial charge in [-0.05, 0) is 75.1 Å². The lowest BCUT2D eigenvalue weighted by atomic mass is 9.91. The number of piperidine rings is 1. The number of aromatic nitrogens is 1. The Morgan fingerprint density at radius 3 is 2.71 bits per heavy atom. The Bertz CT molecular complexity index is 1340. The van der Waals surface area contributed by atoms with E-state index in [0.29, 0.717) is 40.4 Å². The van der Waals surface area contributed by atoms with Gasteiger partial charge in [-0.15, -0.1) is 0 Å². The Hall–Kier alpha value is -3.23. The molecule has 2 aromatic heterocycles. The molecular weight excluding hydrogens is 439 g/mol. The summed E-state index contributed by atoms with van der Waals surface area (Å²) in [7, 11) is 0. The number of nitrogens with zero attached hydrogens (tertiary/aromatic N) is 2. The monoisotopic (exact) mass is 466 g/mol. The number of rotatable bonds is 8. The van der Waals surface area contributed by atoms with Gasteiger partial charge in [-0.1, -0.05) is 5.16 Å². The number of benzene rings is 2. The Morgan fingerprint density at radius 1 is 1.06 bits per heavy atom. The van der Waals surface area contributed by atoms with Crippen molar-refractivity contribution in [2.24, 2.45) is 0 Å². The number of aliphatic hydroxyl groups excluding tert-OH is 1. The predicted octanol–water partition coefficient (Wildman–Crippen LogP) is 4.60. The Balaban J connectivity index is 1.07. The molecule has 1 N–H and O–H groups in total. The van der Waals surface area contributed by atoms with Crippen LogP contribution in [-0.4, -0.2) is 41.4 Å². The molecule has 1 saturated heterocycles. The molecule has 7 nitrogen and oxygen atoms in total. The highest BCUT2D eigenvalue weighted by Crippen LogP contribution is 2.32. The van der Waals surface area contributed by atoms with Crippen molar-refractivity contribution in [3.8, 4) is 5.75 Å². The average molecular weight is 467 g/mol. The predicted molar refractivity (Wildman–Crippen MR) is 126 cm³/mol. The van der Waals surface area contributed by atoms with E-state index in [1.807, 2.05) is 6.07 Å². The van der Waals surface area contributed by atoms with E-state index < -0.39 is 5.63 Å². The second-order valence-electron chi connectivity index (χ2n) is 8.79. The molecule has 1 fully saturated rings. The standard InChI is InChI=1S/C26H27FN2O5/c27-19-3-5-22-24(14-19)34-28-26(22)17-7-10-29(11-8-17)9-1-2-12-32-20-4-6-21-18(16-30)13-25(31)33-23(21)15-20/h3-6,13-15,17,30H,1-2,7-12,16H2. The van der Waals surface area contributed by atoms with Crippen molar-refractivity contribution >= 4 is 21.9 Å². The van der Waals surface area contributed by atoms with Crippen LogP contribution in [0, 0.1) is 5.82 Å². The number of ether oxygens (including phenoxy) is 1. The molecule has 1 aliphatic heterocycles. The summed E-state index contributed by atoms with van der Waals surface area (Å²) in [6.45, 7) is 3.37. The van der Waals surface area contributed by atoms with Crippen molar-refractivity contribution in [2.45, 2.75) is 38.2 Å². The third kappa shape index (κ3) is 4.83. The summed E-state index contributed by atoms with van der Waals surface area (Å²) in [4.78, 5) is 14.1. The number of halogens is 1. The highest BCUT2D eigenvalue weighted by atomic mass is 19.1. The second kappa shape index (κ2) is 9.95. The van der Waals surface area contributed by atoms with Crippen LogP contribution in [0.4, 0.5) is 4.39 Å². The summed E-state index contributed by atoms with van der Waals surface area (Å²) in [5, 5.41) is 15.3. The van der Waals surface area contributed by atoms with E-state index in [2.05, 4.69) is 10.1 Å². The van der Waals surface area contributed by atoms with Gasteiger partial charge < -0.3 is 23.7 Å². The fourth-order valence-corrected chi connectivity index (χ4v) is 4.71. The summed E-state index contributed by atoms with van der Waals surface area (Å²) in [6.07, 6.45) is 3.95. The third-order valence-electron chi connectivity index (χ3n) is 6.55. The lowest BCUT2D eigenvalue weighted by Gasteiger charge is -2.31. The first-order chi connectivity index (χ1) is 16.6. The number of hydrogen-bond acceptors (Lipinski definition) is 7. The van der Waals surface area contributed by atoms with Crippen molar-refractivity contribution in [1.82, 2.24) is 10.1 Å². The maximum absolute atomic E-state index is 13.4. The van der Waals surface area contributed by atoms with E-state index in [4.69, 9.17) is 13.7 Å². The van der Waals surface area contributed by atoms with Crippen LogP contribution in [0.3, 0.4) is 0 Å². The van der Waals surface area contributed by atoms with Gasteiger partial charge >= 0.3 is 5.63 Å². The highest BCUT2D eigenvalue weighted by molar-refractivity contribution is 5.81. The van der Waals surface area contributed by atoms with Crippen molar-refractivity contribution in [3.63, 3.8) is 0 Å². The van der Waals surface area contributed by atoms with Crippen LogP contribution < -0.4 is 10.4 Å². The fraction of sp³-hybridized carbons (Fsp3) is 0.385. The molecule has 0 unspecified atom stereocenters. The minimum atomic E-state index is -0.483. The molecule has 3 heterocycles. The molecule has 34 heavy (non-hydrogen) atoms. The first-order valence-electron chi connectivity index (χ1n) is 11.7. The number of hydrogen-bond donors (Lipinski definition) is 1. The Labute approximate surface area is 195 Å². The lowest BCUT2D eigenvalue weighted by Crippen LogP contribution is -2.34. The summed E-state index contributed by atoms with van der Waals surface area (Å²) in [6, 6.07) is 11.2. The van der Waals surface area contributed by atoms with Crippen LogP contribution in [0.5, 0.6) is 5.75 Å². The lowest BCUT2D eigenvalue weighted by molar-refractivity contribution is 0.199. The van der Waals surface area contributed by atoms with E-state index in [1.165, 1.54) is 18.2 Å². The van der Waals surface area contributed by atoms with Crippen LogP contribution in [-0.2, 0) is 6.61 Å². The van der Waals surface area contributed by atoms with Crippen molar-refractivity contribution in [3.05, 3.63) is 70.0 Å². The SMILES string of the molecule is O=c1cc(CO)c2ccc(OCCCCN3CCC(c4noc5cc(F)ccc45)CC3)cc2o1. The minimum Gasteiger partial charge on any atom is -0.493 e. The third-order valence-corrected chi connectivity index (χ3v) is 6.55. The van der Waals surface area contributed by atoms with Gasteiger partial charge in [0.25, 0.3) is 0 Å². The van der Waals surface area contributed by atoms with Crippen molar-refractivity contribution in [1.29, 1.82) is 0 Å². The van der Waals surface area contributed by atoms with Gasteiger partial charge in [0.2, 0.25) is 0 Å². The molecule has 2 aromatic carbocycles. The molecule has 4 aromatic rings. The van der Waals surface area contributed by atoms with E-state index >= 15 is 0 Å². The van der Waals surface area contributed by atoms with Crippen LogP contribution in [0.15, 0.2) is 56.2 Å². The van der Waals surface area contributed by atoms with Crippen LogP contribution in [0.1, 0.15) is 42.9 Å². The van der Waals surface area contributed by atoms with Gasteiger partial charge in [0, 0.05) is 34.9 Å². The van der Waals surface area contributed by atoms with Crippen molar-refractivity contribution in [2.75, 3.05) is 26.2 Å². The molecule has 0 amide bonds. The Kier molecular flexibility index (Phi) is 6.60. The number of fused-ring (bicyclic) bond motifs is 2. The number of likely N-dealkylation sites (tertiary alicyclic amines) is 1.